The number of hydrogen-bond acceptors (Lipinski definition) is 3. The smallest absolute Gasteiger partial charge is 0.307 e. The molecule has 1 aliphatic rings. The summed E-state index contributed by atoms with van der Waals surface area (Å²) < 4.78 is 6.80. The number of hydrogen-bond donors (Lipinski definition) is 1. The summed E-state index contributed by atoms with van der Waals surface area (Å²) in [5, 5.41) is 9.66. The normalized spacial score (nSPS) is 20.1. The number of unbranched alkanes of at least 4 members (excludes halogenated alkanes) is 2. The SMILES string of the molecule is CCCCCC(C)(C=CCC#CCC[C@H](C(=O)O)[C@H]1CCCC1=O)O[Si](C)(C)C(C)(C)C. The number of carbonyl (C=O) groups excluding carboxylic acids is 1. The van der Waals surface area contributed by atoms with Crippen molar-refractivity contribution in [1.82, 2.24) is 0 Å². The van der Waals surface area contributed by atoms with Gasteiger partial charge in [-0.05, 0) is 50.7 Å². The highest BCUT2D eigenvalue weighted by molar-refractivity contribution is 6.74. The molecule has 1 fully saturated rings. The third-order valence-corrected chi connectivity index (χ3v) is 11.7. The second kappa shape index (κ2) is 12.7. The fourth-order valence-electron chi connectivity index (χ4n) is 4.15. The Balaban J connectivity index is 2.68. The molecule has 5 heteroatoms. The number of rotatable bonds is 12. The minimum absolute atomic E-state index is 0.109. The summed E-state index contributed by atoms with van der Waals surface area (Å²) in [5.41, 5.74) is -0.281. The van der Waals surface area contributed by atoms with E-state index >= 15 is 0 Å². The van der Waals surface area contributed by atoms with Crippen LogP contribution in [0.5, 0.6) is 0 Å². The Morgan fingerprint density at radius 3 is 2.47 bits per heavy atom. The lowest BCUT2D eigenvalue weighted by molar-refractivity contribution is -0.146. The maximum atomic E-state index is 11.9. The van der Waals surface area contributed by atoms with E-state index in [4.69, 9.17) is 4.43 Å². The summed E-state index contributed by atoms with van der Waals surface area (Å²) in [4.78, 5) is 23.5. The van der Waals surface area contributed by atoms with Crippen LogP contribution in [0.1, 0.15) is 98.8 Å². The van der Waals surface area contributed by atoms with Gasteiger partial charge in [0.1, 0.15) is 5.78 Å². The monoisotopic (exact) mass is 462 g/mol. The van der Waals surface area contributed by atoms with E-state index in [1.54, 1.807) is 0 Å². The minimum atomic E-state index is -1.89. The zero-order valence-electron chi connectivity index (χ0n) is 21.6. The van der Waals surface area contributed by atoms with Crippen LogP contribution in [-0.2, 0) is 14.0 Å². The van der Waals surface area contributed by atoms with Gasteiger partial charge in [0, 0.05) is 25.2 Å². The van der Waals surface area contributed by atoms with Crippen molar-refractivity contribution in [2.24, 2.45) is 11.8 Å². The van der Waals surface area contributed by atoms with Crippen LogP contribution in [0.15, 0.2) is 12.2 Å². The molecule has 0 aliphatic heterocycles. The Bertz CT molecular complexity index is 707. The maximum Gasteiger partial charge on any atom is 0.307 e. The molecule has 0 aromatic rings. The fraction of sp³-hybridized carbons (Fsp3) is 0.778. The molecule has 1 saturated carbocycles. The molecule has 0 aromatic heterocycles. The molecule has 0 spiro atoms. The van der Waals surface area contributed by atoms with E-state index in [-0.39, 0.29) is 22.3 Å². The van der Waals surface area contributed by atoms with Gasteiger partial charge < -0.3 is 9.53 Å². The molecular weight excluding hydrogens is 416 g/mol. The first kappa shape index (κ1) is 28.6. The summed E-state index contributed by atoms with van der Waals surface area (Å²) in [5.74, 6) is 4.61. The average Bonchev–Trinajstić information content (AvgIpc) is 3.08. The van der Waals surface area contributed by atoms with Crippen LogP contribution >= 0.6 is 0 Å². The number of carboxylic acid groups (broad SMARTS) is 1. The van der Waals surface area contributed by atoms with Crippen molar-refractivity contribution in [3.8, 4) is 11.8 Å². The average molecular weight is 463 g/mol. The first-order chi connectivity index (χ1) is 14.8. The molecule has 0 saturated heterocycles. The zero-order valence-corrected chi connectivity index (χ0v) is 22.6. The van der Waals surface area contributed by atoms with Gasteiger partial charge in [0.15, 0.2) is 8.32 Å². The van der Waals surface area contributed by atoms with Crippen molar-refractivity contribution in [3.05, 3.63) is 12.2 Å². The highest BCUT2D eigenvalue weighted by Crippen LogP contribution is 2.40. The number of Topliss-reactive ketones (excluding diaryl/α,β-unsaturated/α-hetero) is 1. The van der Waals surface area contributed by atoms with Crippen molar-refractivity contribution in [2.45, 2.75) is 123 Å². The first-order valence-electron chi connectivity index (χ1n) is 12.4. The van der Waals surface area contributed by atoms with E-state index in [0.717, 1.165) is 19.3 Å². The molecule has 32 heavy (non-hydrogen) atoms. The topological polar surface area (TPSA) is 63.6 Å². The Labute approximate surface area is 197 Å². The summed E-state index contributed by atoms with van der Waals surface area (Å²) in [6, 6.07) is 0. The molecule has 0 amide bonds. The molecule has 0 heterocycles. The molecule has 0 aromatic carbocycles. The zero-order chi connectivity index (χ0) is 24.4. The number of carboxylic acids is 1. The lowest BCUT2D eigenvalue weighted by atomic mass is 9.86. The summed E-state index contributed by atoms with van der Waals surface area (Å²) >= 11 is 0. The van der Waals surface area contributed by atoms with Gasteiger partial charge >= 0.3 is 5.97 Å². The van der Waals surface area contributed by atoms with Crippen molar-refractivity contribution >= 4 is 20.1 Å². The van der Waals surface area contributed by atoms with Gasteiger partial charge in [0.2, 0.25) is 0 Å². The molecule has 4 nitrogen and oxygen atoms in total. The Morgan fingerprint density at radius 2 is 1.94 bits per heavy atom. The van der Waals surface area contributed by atoms with Crippen LogP contribution < -0.4 is 0 Å². The quantitative estimate of drug-likeness (QED) is 0.145. The van der Waals surface area contributed by atoms with Gasteiger partial charge in [-0.15, -0.1) is 5.92 Å². The van der Waals surface area contributed by atoms with Crippen LogP contribution in [-0.4, -0.2) is 30.8 Å². The largest absolute Gasteiger partial charge is 0.481 e. The number of carbonyl (C=O) groups is 2. The van der Waals surface area contributed by atoms with Gasteiger partial charge in [-0.2, -0.15) is 0 Å². The predicted octanol–water partition coefficient (Wildman–Crippen LogP) is 7.15. The Kier molecular flexibility index (Phi) is 11.4. The molecular formula is C27H46O4Si. The lowest BCUT2D eigenvalue weighted by Crippen LogP contribution is -2.47. The van der Waals surface area contributed by atoms with Crippen molar-refractivity contribution in [3.63, 3.8) is 0 Å². The summed E-state index contributed by atoms with van der Waals surface area (Å²) in [7, 11) is -1.89. The fourth-order valence-corrected chi connectivity index (χ4v) is 5.79. The maximum absolute atomic E-state index is 11.9. The van der Waals surface area contributed by atoms with Gasteiger partial charge in [-0.25, -0.2) is 0 Å². The van der Waals surface area contributed by atoms with E-state index in [0.29, 0.717) is 32.1 Å². The van der Waals surface area contributed by atoms with Crippen LogP contribution in [0.2, 0.25) is 18.1 Å². The van der Waals surface area contributed by atoms with Crippen LogP contribution in [0.25, 0.3) is 0 Å². The van der Waals surface area contributed by atoms with E-state index in [1.165, 1.54) is 12.8 Å². The lowest BCUT2D eigenvalue weighted by Gasteiger charge is -2.43. The third kappa shape index (κ3) is 9.23. The number of ketones is 1. The van der Waals surface area contributed by atoms with Crippen molar-refractivity contribution in [2.75, 3.05) is 0 Å². The first-order valence-corrected chi connectivity index (χ1v) is 15.3. The Hall–Kier alpha value is -1.38. The summed E-state index contributed by atoms with van der Waals surface area (Å²) in [6.45, 7) is 15.8. The number of allylic oxidation sites excluding steroid dienone is 1. The van der Waals surface area contributed by atoms with Crippen LogP contribution in [0.4, 0.5) is 0 Å². The van der Waals surface area contributed by atoms with Gasteiger partial charge in [-0.3, -0.25) is 9.59 Å². The van der Waals surface area contributed by atoms with E-state index < -0.39 is 20.2 Å². The van der Waals surface area contributed by atoms with E-state index in [1.807, 2.05) is 0 Å². The minimum Gasteiger partial charge on any atom is -0.481 e. The molecule has 1 N–H and O–H groups in total. The van der Waals surface area contributed by atoms with Crippen molar-refractivity contribution < 1.29 is 19.1 Å². The number of aliphatic carboxylic acids is 1. The third-order valence-electron chi connectivity index (χ3n) is 7.12. The molecule has 0 bridgehead atoms. The van der Waals surface area contributed by atoms with Gasteiger partial charge in [-0.1, -0.05) is 65.0 Å². The van der Waals surface area contributed by atoms with Gasteiger partial charge in [0.05, 0.1) is 11.5 Å². The highest BCUT2D eigenvalue weighted by atomic mass is 28.4. The summed E-state index contributed by atoms with van der Waals surface area (Å²) in [6.07, 6.45) is 12.5. The Morgan fingerprint density at radius 1 is 1.25 bits per heavy atom. The van der Waals surface area contributed by atoms with Crippen molar-refractivity contribution in [1.29, 1.82) is 0 Å². The second-order valence-electron chi connectivity index (χ2n) is 11.0. The van der Waals surface area contributed by atoms with Crippen LogP contribution in [0, 0.1) is 23.7 Å². The molecule has 182 valence electrons. The molecule has 3 atom stereocenters. The highest BCUT2D eigenvalue weighted by Gasteiger charge is 2.42. The van der Waals surface area contributed by atoms with Crippen LogP contribution in [0.3, 0.4) is 0 Å². The molecule has 1 rings (SSSR count). The van der Waals surface area contributed by atoms with E-state index in [9.17, 15) is 14.7 Å². The standard InChI is InChI=1S/C27H46O4Si/c1-8-9-14-20-27(5,31-32(6,7)26(2,3)4)21-15-12-10-11-13-17-23(25(29)30)22-18-16-19-24(22)28/h15,21-23H,8-9,12-14,16-20H2,1-7H3,(H,29,30)/t22-,23+,27?/m1/s1. The predicted molar refractivity (Wildman–Crippen MR) is 135 cm³/mol. The molecule has 1 unspecified atom stereocenters. The second-order valence-corrected chi connectivity index (χ2v) is 15.8. The van der Waals surface area contributed by atoms with Gasteiger partial charge in [0.25, 0.3) is 0 Å². The molecule has 1 aliphatic carbocycles. The van der Waals surface area contributed by atoms with E-state index in [2.05, 4.69) is 71.7 Å². The molecule has 0 radical (unpaired) electrons.